The van der Waals surface area contributed by atoms with E-state index in [-0.39, 0.29) is 17.0 Å². The second kappa shape index (κ2) is 10.6. The monoisotopic (exact) mass is 510 g/mol. The number of aromatic nitrogens is 2. The topological polar surface area (TPSA) is 140 Å². The van der Waals surface area contributed by atoms with E-state index in [1.54, 1.807) is 37.3 Å². The number of nitrogens with one attached hydrogen (secondary N) is 2. The van der Waals surface area contributed by atoms with E-state index in [1.165, 1.54) is 11.3 Å². The van der Waals surface area contributed by atoms with Gasteiger partial charge in [-0.15, -0.1) is 0 Å². The maximum Gasteiger partial charge on any atom is 0.250 e. The molecule has 0 spiro atoms. The van der Waals surface area contributed by atoms with Gasteiger partial charge in [0.15, 0.2) is 11.6 Å². The number of hydrogen-bond acceptors (Lipinski definition) is 8. The number of sulfonamides is 1. The molecule has 0 atom stereocenters. The van der Waals surface area contributed by atoms with Crippen LogP contribution in [0.5, 0.6) is 0 Å². The number of pyridine rings is 2. The zero-order chi connectivity index (χ0) is 25.9. The maximum absolute atomic E-state index is 13.1. The summed E-state index contributed by atoms with van der Waals surface area (Å²) in [5.41, 5.74) is 8.27. The van der Waals surface area contributed by atoms with E-state index in [2.05, 4.69) is 20.0 Å². The van der Waals surface area contributed by atoms with Gasteiger partial charge in [0.05, 0.1) is 23.5 Å². The van der Waals surface area contributed by atoms with Gasteiger partial charge in [0.1, 0.15) is 4.90 Å². The van der Waals surface area contributed by atoms with Crippen LogP contribution in [0.15, 0.2) is 53.6 Å². The fourth-order valence-electron chi connectivity index (χ4n) is 3.76. The summed E-state index contributed by atoms with van der Waals surface area (Å²) in [6, 6.07) is 12.3. The third-order valence-corrected chi connectivity index (χ3v) is 7.24. The molecule has 2 heterocycles. The summed E-state index contributed by atoms with van der Waals surface area (Å²) in [6.45, 7) is 5.99. The molecule has 0 unspecified atom stereocenters. The number of hydrogen-bond donors (Lipinski definition) is 3. The van der Waals surface area contributed by atoms with Gasteiger partial charge in [-0.25, -0.2) is 23.1 Å². The summed E-state index contributed by atoms with van der Waals surface area (Å²) in [5, 5.41) is 4.69. The molecule has 1 aliphatic rings. The molecule has 4 N–H and O–H groups in total. The first-order valence-corrected chi connectivity index (χ1v) is 13.3. The highest BCUT2D eigenvalue weighted by atomic mass is 32.2. The number of aryl methyl sites for hydroxylation is 1. The van der Waals surface area contributed by atoms with Crippen LogP contribution in [-0.2, 0) is 14.9 Å². The molecule has 2 aromatic heterocycles. The van der Waals surface area contributed by atoms with Crippen molar-refractivity contribution in [2.24, 2.45) is 5.73 Å². The van der Waals surface area contributed by atoms with Crippen LogP contribution in [0.4, 0.5) is 23.0 Å². The molecular formula is C25H30N6O4S. The Labute approximate surface area is 210 Å². The number of carbonyl (C=O) groups is 1. The number of benzene rings is 1. The fourth-order valence-corrected chi connectivity index (χ4v) is 5.00. The van der Waals surface area contributed by atoms with Crippen LogP contribution in [0.2, 0.25) is 0 Å². The van der Waals surface area contributed by atoms with Crippen molar-refractivity contribution in [3.63, 3.8) is 0 Å². The number of anilines is 4. The zero-order valence-electron chi connectivity index (χ0n) is 20.5. The molecule has 0 radical (unpaired) electrons. The highest BCUT2D eigenvalue weighted by Gasteiger charge is 2.27. The van der Waals surface area contributed by atoms with Crippen LogP contribution in [0.3, 0.4) is 0 Å². The number of primary amides is 1. The second-order valence-corrected chi connectivity index (χ2v) is 10.2. The van der Waals surface area contributed by atoms with Crippen LogP contribution < -0.4 is 20.8 Å². The predicted molar refractivity (Wildman–Crippen MR) is 138 cm³/mol. The number of nitrogens with zero attached hydrogens (tertiary/aromatic N) is 3. The van der Waals surface area contributed by atoms with Crippen molar-refractivity contribution < 1.29 is 18.0 Å². The average Bonchev–Trinajstić information content (AvgIpc) is 3.69. The minimum atomic E-state index is -3.74. The molecule has 0 aliphatic heterocycles. The Balaban J connectivity index is 1.78. The lowest BCUT2D eigenvalue weighted by Crippen LogP contribution is -2.24. The molecule has 4 rings (SSSR count). The Hall–Kier alpha value is -3.54. The minimum absolute atomic E-state index is 0.173. The number of carbonyl (C=O) groups excluding carboxylic acids is 1. The Morgan fingerprint density at radius 2 is 1.89 bits per heavy atom. The molecule has 10 nitrogen and oxygen atoms in total. The van der Waals surface area contributed by atoms with Gasteiger partial charge in [-0.05, 0) is 74.6 Å². The van der Waals surface area contributed by atoms with Gasteiger partial charge in [0.25, 0.3) is 0 Å². The van der Waals surface area contributed by atoms with Crippen molar-refractivity contribution in [3.05, 3.63) is 65.5 Å². The van der Waals surface area contributed by atoms with Gasteiger partial charge in [-0.3, -0.25) is 9.63 Å². The number of amides is 1. The van der Waals surface area contributed by atoms with Crippen LogP contribution in [0.1, 0.15) is 54.2 Å². The molecule has 1 saturated carbocycles. The third-order valence-electron chi connectivity index (χ3n) is 5.65. The minimum Gasteiger partial charge on any atom is -0.366 e. The summed E-state index contributed by atoms with van der Waals surface area (Å²) in [4.78, 5) is 26.5. The summed E-state index contributed by atoms with van der Waals surface area (Å²) in [7, 11) is -3.74. The van der Waals surface area contributed by atoms with Gasteiger partial charge in [0, 0.05) is 18.4 Å². The normalized spacial score (nSPS) is 13.4. The van der Waals surface area contributed by atoms with E-state index in [0.29, 0.717) is 35.5 Å². The molecule has 1 aromatic carbocycles. The molecule has 3 aromatic rings. The number of nitrogens with two attached hydrogens (primary N) is 1. The Morgan fingerprint density at radius 3 is 2.50 bits per heavy atom. The molecule has 190 valence electrons. The predicted octanol–water partition coefficient (Wildman–Crippen LogP) is 3.89. The lowest BCUT2D eigenvalue weighted by molar-refractivity contribution is 0.0999. The lowest BCUT2D eigenvalue weighted by Gasteiger charge is -2.25. The lowest BCUT2D eigenvalue weighted by atomic mass is 10.1. The molecule has 1 aliphatic carbocycles. The first-order valence-electron chi connectivity index (χ1n) is 11.8. The van der Waals surface area contributed by atoms with Crippen molar-refractivity contribution in [2.75, 3.05) is 23.5 Å². The van der Waals surface area contributed by atoms with E-state index < -0.39 is 15.9 Å². The number of rotatable bonds is 11. The van der Waals surface area contributed by atoms with Crippen LogP contribution in [0, 0.1) is 6.92 Å². The van der Waals surface area contributed by atoms with Crippen molar-refractivity contribution in [1.82, 2.24) is 14.7 Å². The molecule has 36 heavy (non-hydrogen) atoms. The van der Waals surface area contributed by atoms with Crippen LogP contribution in [0.25, 0.3) is 0 Å². The molecule has 0 saturated heterocycles. The highest BCUT2D eigenvalue weighted by Crippen LogP contribution is 2.42. The third kappa shape index (κ3) is 5.64. The van der Waals surface area contributed by atoms with Gasteiger partial charge >= 0.3 is 0 Å². The highest BCUT2D eigenvalue weighted by molar-refractivity contribution is 7.89. The first kappa shape index (κ1) is 25.5. The van der Waals surface area contributed by atoms with E-state index in [4.69, 9.17) is 10.6 Å². The maximum atomic E-state index is 13.1. The summed E-state index contributed by atoms with van der Waals surface area (Å²) < 4.78 is 28.7. The zero-order valence-corrected chi connectivity index (χ0v) is 21.3. The molecule has 1 amide bonds. The van der Waals surface area contributed by atoms with Crippen molar-refractivity contribution >= 4 is 38.9 Å². The van der Waals surface area contributed by atoms with E-state index >= 15 is 0 Å². The van der Waals surface area contributed by atoms with Gasteiger partial charge in [-0.1, -0.05) is 13.0 Å². The van der Waals surface area contributed by atoms with Crippen molar-refractivity contribution in [2.45, 2.75) is 44.4 Å². The Morgan fingerprint density at radius 1 is 1.14 bits per heavy atom. The van der Waals surface area contributed by atoms with E-state index in [0.717, 1.165) is 24.1 Å². The second-order valence-electron chi connectivity index (χ2n) is 8.46. The quantitative estimate of drug-likeness (QED) is 0.330. The van der Waals surface area contributed by atoms with Crippen LogP contribution in [-0.4, -0.2) is 37.4 Å². The molecular weight excluding hydrogens is 480 g/mol. The standard InChI is InChI=1S/C25H30N6O4S/c1-4-28-36(33,34)22-14-18(17-7-8-17)9-12-20(22)30-21-11-6-16(3)29-25(21)31(35-5-2)23-13-10-19(15-27-23)24(26)32/h6,9-15,17,28,30H,4-5,7-8H2,1-3H3,(H2,26,32). The van der Waals surface area contributed by atoms with Crippen molar-refractivity contribution in [3.8, 4) is 0 Å². The molecule has 11 heteroatoms. The smallest absolute Gasteiger partial charge is 0.250 e. The Bertz CT molecular complexity index is 1360. The SMILES string of the molecule is CCNS(=O)(=O)c1cc(C2CC2)ccc1Nc1ccc(C)nc1N(OCC)c1ccc(C(N)=O)cn1. The fraction of sp³-hybridized carbons (Fsp3) is 0.320. The summed E-state index contributed by atoms with van der Waals surface area (Å²) in [6.07, 6.45) is 3.49. The van der Waals surface area contributed by atoms with Gasteiger partial charge in [-0.2, -0.15) is 5.06 Å². The summed E-state index contributed by atoms with van der Waals surface area (Å²) >= 11 is 0. The Kier molecular flexibility index (Phi) is 7.53. The molecule has 0 bridgehead atoms. The van der Waals surface area contributed by atoms with E-state index in [1.807, 2.05) is 26.0 Å². The summed E-state index contributed by atoms with van der Waals surface area (Å²) in [5.74, 6) is 0.577. The van der Waals surface area contributed by atoms with Gasteiger partial charge < -0.3 is 11.1 Å². The average molecular weight is 511 g/mol. The van der Waals surface area contributed by atoms with E-state index in [9.17, 15) is 13.2 Å². The first-order chi connectivity index (χ1) is 17.2. The molecule has 1 fully saturated rings. The van der Waals surface area contributed by atoms with Gasteiger partial charge in [0.2, 0.25) is 15.9 Å². The largest absolute Gasteiger partial charge is 0.366 e. The van der Waals surface area contributed by atoms with Crippen molar-refractivity contribution in [1.29, 1.82) is 0 Å². The van der Waals surface area contributed by atoms with Crippen LogP contribution >= 0.6 is 0 Å².